The van der Waals surface area contributed by atoms with E-state index in [4.69, 9.17) is 4.74 Å². The molecule has 0 saturated carbocycles. The van der Waals surface area contributed by atoms with Gasteiger partial charge in [-0.15, -0.1) is 0 Å². The SMILES string of the molecule is COc1cccc(C2CCCN(S(C)(=O)=O)C2)c1. The molecule has 0 spiro atoms. The molecule has 0 amide bonds. The molecule has 5 heteroatoms. The summed E-state index contributed by atoms with van der Waals surface area (Å²) in [5.74, 6) is 1.09. The minimum Gasteiger partial charge on any atom is -0.497 e. The normalized spacial score (nSPS) is 21.8. The molecule has 18 heavy (non-hydrogen) atoms. The van der Waals surface area contributed by atoms with Crippen LogP contribution in [-0.4, -0.2) is 39.2 Å². The molecule has 1 fully saturated rings. The van der Waals surface area contributed by atoms with E-state index in [9.17, 15) is 8.42 Å². The van der Waals surface area contributed by atoms with Crippen molar-refractivity contribution < 1.29 is 13.2 Å². The maximum absolute atomic E-state index is 11.6. The lowest BCUT2D eigenvalue weighted by atomic mass is 9.91. The molecular formula is C13H19NO3S. The topological polar surface area (TPSA) is 46.6 Å². The molecule has 1 unspecified atom stereocenters. The Morgan fingerprint density at radius 2 is 2.17 bits per heavy atom. The van der Waals surface area contributed by atoms with Crippen LogP contribution in [0, 0.1) is 0 Å². The van der Waals surface area contributed by atoms with Crippen molar-refractivity contribution in [2.45, 2.75) is 18.8 Å². The zero-order valence-corrected chi connectivity index (χ0v) is 11.6. The molecule has 4 nitrogen and oxygen atoms in total. The molecule has 0 aliphatic carbocycles. The summed E-state index contributed by atoms with van der Waals surface area (Å²) >= 11 is 0. The zero-order valence-electron chi connectivity index (χ0n) is 10.8. The maximum Gasteiger partial charge on any atom is 0.211 e. The highest BCUT2D eigenvalue weighted by Crippen LogP contribution is 2.29. The summed E-state index contributed by atoms with van der Waals surface area (Å²) in [5, 5.41) is 0. The number of sulfonamides is 1. The van der Waals surface area contributed by atoms with Gasteiger partial charge in [0.2, 0.25) is 10.0 Å². The van der Waals surface area contributed by atoms with E-state index in [2.05, 4.69) is 0 Å². The summed E-state index contributed by atoms with van der Waals surface area (Å²) in [6.45, 7) is 1.21. The van der Waals surface area contributed by atoms with Gasteiger partial charge in [-0.2, -0.15) is 0 Å². The van der Waals surface area contributed by atoms with Gasteiger partial charge in [0.05, 0.1) is 13.4 Å². The summed E-state index contributed by atoms with van der Waals surface area (Å²) < 4.78 is 30.0. The van der Waals surface area contributed by atoms with Crippen LogP contribution >= 0.6 is 0 Å². The number of benzene rings is 1. The number of nitrogens with zero attached hydrogens (tertiary/aromatic N) is 1. The van der Waals surface area contributed by atoms with Crippen LogP contribution in [0.3, 0.4) is 0 Å². The standard InChI is InChI=1S/C13H19NO3S/c1-17-13-7-3-5-11(9-13)12-6-4-8-14(10-12)18(2,15)16/h3,5,7,9,12H,4,6,8,10H2,1-2H3. The van der Waals surface area contributed by atoms with Crippen LogP contribution in [0.5, 0.6) is 5.75 Å². The molecule has 2 rings (SSSR count). The lowest BCUT2D eigenvalue weighted by Crippen LogP contribution is -2.38. The highest BCUT2D eigenvalue weighted by molar-refractivity contribution is 7.88. The molecular weight excluding hydrogens is 250 g/mol. The third kappa shape index (κ3) is 3.03. The van der Waals surface area contributed by atoms with Crippen LogP contribution in [-0.2, 0) is 10.0 Å². The Morgan fingerprint density at radius 3 is 2.83 bits per heavy atom. The van der Waals surface area contributed by atoms with Gasteiger partial charge in [0, 0.05) is 13.1 Å². The molecule has 1 heterocycles. The first-order valence-corrected chi connectivity index (χ1v) is 7.94. The first kappa shape index (κ1) is 13.4. The number of methoxy groups -OCH3 is 1. The number of hydrogen-bond acceptors (Lipinski definition) is 3. The first-order valence-electron chi connectivity index (χ1n) is 6.10. The van der Waals surface area contributed by atoms with Crippen molar-refractivity contribution in [1.82, 2.24) is 4.31 Å². The predicted octanol–water partition coefficient (Wildman–Crippen LogP) is 1.83. The predicted molar refractivity (Wildman–Crippen MR) is 71.4 cm³/mol. The highest BCUT2D eigenvalue weighted by Gasteiger charge is 2.26. The van der Waals surface area contributed by atoms with Gasteiger partial charge in [0.15, 0.2) is 0 Å². The number of piperidine rings is 1. The van der Waals surface area contributed by atoms with Crippen molar-refractivity contribution in [3.8, 4) is 5.75 Å². The summed E-state index contributed by atoms with van der Waals surface area (Å²) in [6.07, 6.45) is 3.22. The van der Waals surface area contributed by atoms with E-state index in [1.54, 1.807) is 11.4 Å². The quantitative estimate of drug-likeness (QED) is 0.841. The molecule has 1 aliphatic heterocycles. The largest absolute Gasteiger partial charge is 0.497 e. The Labute approximate surface area is 109 Å². The first-order chi connectivity index (χ1) is 8.50. The second-order valence-electron chi connectivity index (χ2n) is 4.74. The molecule has 1 saturated heterocycles. The van der Waals surface area contributed by atoms with E-state index in [-0.39, 0.29) is 5.92 Å². The smallest absolute Gasteiger partial charge is 0.211 e. The Kier molecular flexibility index (Phi) is 3.92. The highest BCUT2D eigenvalue weighted by atomic mass is 32.2. The van der Waals surface area contributed by atoms with Crippen LogP contribution in [0.2, 0.25) is 0 Å². The average molecular weight is 269 g/mol. The average Bonchev–Trinajstić information content (AvgIpc) is 2.38. The van der Waals surface area contributed by atoms with Gasteiger partial charge in [0.1, 0.15) is 5.75 Å². The van der Waals surface area contributed by atoms with Gasteiger partial charge >= 0.3 is 0 Å². The van der Waals surface area contributed by atoms with Crippen molar-refractivity contribution in [1.29, 1.82) is 0 Å². The minimum absolute atomic E-state index is 0.267. The molecule has 100 valence electrons. The van der Waals surface area contributed by atoms with Crippen molar-refractivity contribution in [2.75, 3.05) is 26.5 Å². The fourth-order valence-corrected chi connectivity index (χ4v) is 3.32. The fraction of sp³-hybridized carbons (Fsp3) is 0.538. The second-order valence-corrected chi connectivity index (χ2v) is 6.72. The van der Waals surface area contributed by atoms with E-state index in [1.807, 2.05) is 24.3 Å². The fourth-order valence-electron chi connectivity index (χ4n) is 2.41. The molecule has 0 N–H and O–H groups in total. The van der Waals surface area contributed by atoms with Crippen LogP contribution in [0.4, 0.5) is 0 Å². The zero-order chi connectivity index (χ0) is 13.2. The van der Waals surface area contributed by atoms with E-state index < -0.39 is 10.0 Å². The van der Waals surface area contributed by atoms with Crippen molar-refractivity contribution >= 4 is 10.0 Å². The summed E-state index contributed by atoms with van der Waals surface area (Å²) in [4.78, 5) is 0. The van der Waals surface area contributed by atoms with Gasteiger partial charge in [-0.25, -0.2) is 12.7 Å². The Balaban J connectivity index is 2.18. The summed E-state index contributed by atoms with van der Waals surface area (Å²) in [6, 6.07) is 7.89. The van der Waals surface area contributed by atoms with Crippen molar-refractivity contribution in [3.63, 3.8) is 0 Å². The lowest BCUT2D eigenvalue weighted by Gasteiger charge is -2.31. The van der Waals surface area contributed by atoms with Gasteiger partial charge < -0.3 is 4.74 Å². The van der Waals surface area contributed by atoms with E-state index >= 15 is 0 Å². The lowest BCUT2D eigenvalue weighted by molar-refractivity contribution is 0.317. The van der Waals surface area contributed by atoms with Gasteiger partial charge in [-0.05, 0) is 36.5 Å². The molecule has 0 aromatic heterocycles. The number of ether oxygens (including phenoxy) is 1. The van der Waals surface area contributed by atoms with E-state index in [0.717, 1.165) is 24.2 Å². The molecule has 1 atom stereocenters. The van der Waals surface area contributed by atoms with Gasteiger partial charge in [-0.3, -0.25) is 0 Å². The van der Waals surface area contributed by atoms with Crippen LogP contribution in [0.1, 0.15) is 24.3 Å². The Bertz CT molecular complexity index is 513. The minimum atomic E-state index is -3.08. The van der Waals surface area contributed by atoms with Crippen molar-refractivity contribution in [2.24, 2.45) is 0 Å². The van der Waals surface area contributed by atoms with Gasteiger partial charge in [0.25, 0.3) is 0 Å². The van der Waals surface area contributed by atoms with Crippen LogP contribution in [0.25, 0.3) is 0 Å². The Morgan fingerprint density at radius 1 is 1.39 bits per heavy atom. The summed E-state index contributed by atoms with van der Waals surface area (Å²) in [5.41, 5.74) is 1.16. The van der Waals surface area contributed by atoms with E-state index in [1.165, 1.54) is 6.26 Å². The number of hydrogen-bond donors (Lipinski definition) is 0. The Hall–Kier alpha value is -1.07. The van der Waals surface area contributed by atoms with Crippen LogP contribution in [0.15, 0.2) is 24.3 Å². The molecule has 1 aromatic carbocycles. The van der Waals surface area contributed by atoms with Gasteiger partial charge in [-0.1, -0.05) is 12.1 Å². The molecule has 1 aliphatic rings. The number of rotatable bonds is 3. The third-order valence-electron chi connectivity index (χ3n) is 3.42. The van der Waals surface area contributed by atoms with Crippen LogP contribution < -0.4 is 4.74 Å². The molecule has 0 radical (unpaired) electrons. The molecule has 0 bridgehead atoms. The van der Waals surface area contributed by atoms with Crippen molar-refractivity contribution in [3.05, 3.63) is 29.8 Å². The maximum atomic E-state index is 11.6. The monoisotopic (exact) mass is 269 g/mol. The molecule has 1 aromatic rings. The second kappa shape index (κ2) is 5.28. The van der Waals surface area contributed by atoms with E-state index in [0.29, 0.717) is 13.1 Å². The summed E-state index contributed by atoms with van der Waals surface area (Å²) in [7, 11) is -1.44. The third-order valence-corrected chi connectivity index (χ3v) is 4.69.